The van der Waals surface area contributed by atoms with E-state index < -0.39 is 0 Å². The van der Waals surface area contributed by atoms with Gasteiger partial charge in [0.1, 0.15) is 0 Å². The molecule has 0 bridgehead atoms. The Morgan fingerprint density at radius 3 is 2.12 bits per heavy atom. The highest BCUT2D eigenvalue weighted by molar-refractivity contribution is 4.86. The first-order valence-corrected chi connectivity index (χ1v) is 7.62. The Kier molecular flexibility index (Phi) is 5.15. The Balaban J connectivity index is 1.57. The highest BCUT2D eigenvalue weighted by atomic mass is 15.1. The quantitative estimate of drug-likeness (QED) is 0.613. The third-order valence-electron chi connectivity index (χ3n) is 4.63. The van der Waals surface area contributed by atoms with E-state index in [4.69, 9.17) is 0 Å². The first kappa shape index (κ1) is 12.4. The molecule has 2 atom stereocenters. The Labute approximate surface area is 102 Å². The number of fused-ring (bicyclic) bond motifs is 1. The molecule has 1 saturated carbocycles. The van der Waals surface area contributed by atoms with E-state index >= 15 is 0 Å². The maximum atomic E-state index is 2.76. The fourth-order valence-corrected chi connectivity index (χ4v) is 3.62. The van der Waals surface area contributed by atoms with Crippen molar-refractivity contribution in [2.75, 3.05) is 19.6 Å². The van der Waals surface area contributed by atoms with Gasteiger partial charge in [0, 0.05) is 13.1 Å². The van der Waals surface area contributed by atoms with Gasteiger partial charge < -0.3 is 4.90 Å². The topological polar surface area (TPSA) is 3.24 Å². The average molecular weight is 223 g/mol. The minimum atomic E-state index is 1.07. The molecule has 1 heteroatoms. The van der Waals surface area contributed by atoms with Crippen LogP contribution < -0.4 is 0 Å². The van der Waals surface area contributed by atoms with Crippen molar-refractivity contribution in [1.82, 2.24) is 4.90 Å². The molecule has 0 unspecified atom stereocenters. The van der Waals surface area contributed by atoms with Crippen LogP contribution in [-0.4, -0.2) is 24.5 Å². The van der Waals surface area contributed by atoms with E-state index in [1.165, 1.54) is 77.4 Å². The Morgan fingerprint density at radius 1 is 0.875 bits per heavy atom. The SMILES string of the molecule is CCCCCCCN1C[C@H]2CCCC[C@H]2C1. The van der Waals surface area contributed by atoms with Crippen molar-refractivity contribution in [3.8, 4) is 0 Å². The van der Waals surface area contributed by atoms with Crippen LogP contribution in [-0.2, 0) is 0 Å². The Hall–Kier alpha value is -0.0400. The molecule has 1 heterocycles. The summed E-state index contributed by atoms with van der Waals surface area (Å²) >= 11 is 0. The van der Waals surface area contributed by atoms with Gasteiger partial charge in [-0.15, -0.1) is 0 Å². The van der Waals surface area contributed by atoms with Crippen molar-refractivity contribution >= 4 is 0 Å². The fourth-order valence-electron chi connectivity index (χ4n) is 3.62. The first-order chi connectivity index (χ1) is 7.90. The lowest BCUT2D eigenvalue weighted by Gasteiger charge is -2.23. The molecule has 0 spiro atoms. The van der Waals surface area contributed by atoms with E-state index in [1.807, 2.05) is 0 Å². The van der Waals surface area contributed by atoms with E-state index in [0.29, 0.717) is 0 Å². The van der Waals surface area contributed by atoms with E-state index in [1.54, 1.807) is 0 Å². The minimum absolute atomic E-state index is 1.07. The summed E-state index contributed by atoms with van der Waals surface area (Å²) in [4.78, 5) is 2.76. The molecule has 94 valence electrons. The molecule has 16 heavy (non-hydrogen) atoms. The van der Waals surface area contributed by atoms with Crippen molar-refractivity contribution < 1.29 is 0 Å². The number of hydrogen-bond donors (Lipinski definition) is 0. The van der Waals surface area contributed by atoms with Crippen molar-refractivity contribution in [2.24, 2.45) is 11.8 Å². The normalized spacial score (nSPS) is 30.6. The van der Waals surface area contributed by atoms with E-state index in [9.17, 15) is 0 Å². The van der Waals surface area contributed by atoms with Crippen LogP contribution in [0.15, 0.2) is 0 Å². The molecule has 1 saturated heterocycles. The van der Waals surface area contributed by atoms with Crippen LogP contribution >= 0.6 is 0 Å². The van der Waals surface area contributed by atoms with Crippen molar-refractivity contribution in [3.05, 3.63) is 0 Å². The molecule has 0 aromatic heterocycles. The molecule has 0 aromatic rings. The molecular weight excluding hydrogens is 194 g/mol. The van der Waals surface area contributed by atoms with Gasteiger partial charge in [0.15, 0.2) is 0 Å². The lowest BCUT2D eigenvalue weighted by molar-refractivity contribution is 0.299. The molecule has 0 radical (unpaired) electrons. The largest absolute Gasteiger partial charge is 0.303 e. The van der Waals surface area contributed by atoms with Gasteiger partial charge >= 0.3 is 0 Å². The van der Waals surface area contributed by atoms with E-state index in [0.717, 1.165) is 11.8 Å². The van der Waals surface area contributed by atoms with Crippen LogP contribution in [0.3, 0.4) is 0 Å². The molecule has 2 aliphatic rings. The van der Waals surface area contributed by atoms with Gasteiger partial charge in [0.2, 0.25) is 0 Å². The first-order valence-electron chi connectivity index (χ1n) is 7.62. The third-order valence-corrected chi connectivity index (χ3v) is 4.63. The van der Waals surface area contributed by atoms with E-state index in [2.05, 4.69) is 11.8 Å². The average Bonchev–Trinajstić information content (AvgIpc) is 2.71. The monoisotopic (exact) mass is 223 g/mol. The highest BCUT2D eigenvalue weighted by Crippen LogP contribution is 2.35. The zero-order valence-electron chi connectivity index (χ0n) is 11.1. The zero-order chi connectivity index (χ0) is 11.2. The predicted octanol–water partition coefficient (Wildman–Crippen LogP) is 4.08. The molecule has 0 aromatic carbocycles. The number of hydrogen-bond acceptors (Lipinski definition) is 1. The van der Waals surface area contributed by atoms with Gasteiger partial charge in [0.25, 0.3) is 0 Å². The lowest BCUT2D eigenvalue weighted by Crippen LogP contribution is -2.22. The molecule has 2 fully saturated rings. The van der Waals surface area contributed by atoms with E-state index in [-0.39, 0.29) is 0 Å². The number of unbranched alkanes of at least 4 members (excludes halogenated alkanes) is 4. The Bertz CT molecular complexity index is 176. The zero-order valence-corrected chi connectivity index (χ0v) is 11.1. The molecule has 1 aliphatic heterocycles. The van der Waals surface area contributed by atoms with Crippen LogP contribution in [0, 0.1) is 11.8 Å². The van der Waals surface area contributed by atoms with Crippen LogP contribution in [0.5, 0.6) is 0 Å². The summed E-state index contributed by atoms with van der Waals surface area (Å²) in [6, 6.07) is 0. The maximum Gasteiger partial charge on any atom is 0.00129 e. The molecular formula is C15H29N. The predicted molar refractivity (Wildman–Crippen MR) is 70.6 cm³/mol. The van der Waals surface area contributed by atoms with Crippen molar-refractivity contribution in [1.29, 1.82) is 0 Å². The fraction of sp³-hybridized carbons (Fsp3) is 1.00. The van der Waals surface area contributed by atoms with Gasteiger partial charge in [0.05, 0.1) is 0 Å². The summed E-state index contributed by atoms with van der Waals surface area (Å²) in [7, 11) is 0. The van der Waals surface area contributed by atoms with Gasteiger partial charge in [-0.3, -0.25) is 0 Å². The van der Waals surface area contributed by atoms with Crippen molar-refractivity contribution in [3.63, 3.8) is 0 Å². The third kappa shape index (κ3) is 3.48. The minimum Gasteiger partial charge on any atom is -0.303 e. The van der Waals surface area contributed by atoms with Gasteiger partial charge in [-0.25, -0.2) is 0 Å². The van der Waals surface area contributed by atoms with Crippen LogP contribution in [0.1, 0.15) is 64.7 Å². The summed E-state index contributed by atoms with van der Waals surface area (Å²) in [6.45, 7) is 6.54. The lowest BCUT2D eigenvalue weighted by atomic mass is 9.82. The summed E-state index contributed by atoms with van der Waals surface area (Å²) in [6.07, 6.45) is 13.2. The molecule has 2 rings (SSSR count). The van der Waals surface area contributed by atoms with Gasteiger partial charge in [-0.2, -0.15) is 0 Å². The number of rotatable bonds is 6. The second-order valence-corrected chi connectivity index (χ2v) is 5.98. The summed E-state index contributed by atoms with van der Waals surface area (Å²) < 4.78 is 0. The second kappa shape index (κ2) is 6.64. The molecule has 1 nitrogen and oxygen atoms in total. The smallest absolute Gasteiger partial charge is 0.00129 e. The summed E-state index contributed by atoms with van der Waals surface area (Å²) in [5.41, 5.74) is 0. The second-order valence-electron chi connectivity index (χ2n) is 5.98. The summed E-state index contributed by atoms with van der Waals surface area (Å²) in [5.74, 6) is 2.15. The van der Waals surface area contributed by atoms with Crippen LogP contribution in [0.2, 0.25) is 0 Å². The number of likely N-dealkylation sites (tertiary alicyclic amines) is 1. The molecule has 0 amide bonds. The van der Waals surface area contributed by atoms with Gasteiger partial charge in [-0.1, -0.05) is 45.4 Å². The Morgan fingerprint density at radius 2 is 1.50 bits per heavy atom. The van der Waals surface area contributed by atoms with Crippen LogP contribution in [0.25, 0.3) is 0 Å². The van der Waals surface area contributed by atoms with Crippen LogP contribution in [0.4, 0.5) is 0 Å². The standard InChI is InChI=1S/C15H29N/c1-2-3-4-5-8-11-16-12-14-9-6-7-10-15(14)13-16/h14-15H,2-13H2,1H3/t14-,15+. The summed E-state index contributed by atoms with van der Waals surface area (Å²) in [5, 5.41) is 0. The maximum absolute atomic E-state index is 2.76. The van der Waals surface area contributed by atoms with Gasteiger partial charge in [-0.05, 0) is 37.6 Å². The molecule has 0 N–H and O–H groups in total. The number of nitrogens with zero attached hydrogens (tertiary/aromatic N) is 1. The highest BCUT2D eigenvalue weighted by Gasteiger charge is 2.33. The molecule has 1 aliphatic carbocycles. The van der Waals surface area contributed by atoms with Crippen molar-refractivity contribution in [2.45, 2.75) is 64.7 Å².